The van der Waals surface area contributed by atoms with Crippen molar-refractivity contribution in [2.75, 3.05) is 12.3 Å². The average Bonchev–Trinajstić information content (AvgIpc) is 2.57. The zero-order valence-corrected chi connectivity index (χ0v) is 8.85. The summed E-state index contributed by atoms with van der Waals surface area (Å²) in [5, 5.41) is 28.2. The number of nitrogens with one attached hydrogen (secondary N) is 1. The molecule has 0 aliphatic carbocycles. The lowest BCUT2D eigenvalue weighted by Gasteiger charge is -2.11. The van der Waals surface area contributed by atoms with Gasteiger partial charge < -0.3 is 25.8 Å². The third kappa shape index (κ3) is 2.03. The Hall–Kier alpha value is -1.48. The highest BCUT2D eigenvalue weighted by molar-refractivity contribution is 5.21. The van der Waals surface area contributed by atoms with E-state index in [2.05, 4.69) is 4.98 Å². The summed E-state index contributed by atoms with van der Waals surface area (Å²) in [6.07, 6.45) is -3.16. The van der Waals surface area contributed by atoms with E-state index >= 15 is 0 Å². The monoisotopic (exact) mass is 244 g/mol. The summed E-state index contributed by atoms with van der Waals surface area (Å²) in [5.74, 6) is 0.179. The second-order valence-corrected chi connectivity index (χ2v) is 3.84. The highest BCUT2D eigenvalue weighted by Crippen LogP contribution is 2.24. The molecular formula is C9H14N3O5+. The van der Waals surface area contributed by atoms with Crippen molar-refractivity contribution in [1.29, 1.82) is 0 Å². The minimum Gasteiger partial charge on any atom is -0.394 e. The Morgan fingerprint density at radius 3 is 2.71 bits per heavy atom. The number of aromatic nitrogens is 2. The summed E-state index contributed by atoms with van der Waals surface area (Å²) >= 11 is 0. The van der Waals surface area contributed by atoms with Crippen LogP contribution in [-0.4, -0.2) is 45.2 Å². The number of nitrogens with zero attached hydrogens (tertiary/aromatic N) is 1. The molecule has 1 aliphatic rings. The molecule has 1 aromatic heterocycles. The van der Waals surface area contributed by atoms with Gasteiger partial charge in [-0.2, -0.15) is 14.3 Å². The SMILES string of the molecule is Nc1cc[n+]([C@@H]2O[C@H](CO)[C@@H](O)[C@@H]2O)c(=O)[nH]1. The van der Waals surface area contributed by atoms with Crippen molar-refractivity contribution >= 4 is 5.82 Å². The molecule has 2 heterocycles. The van der Waals surface area contributed by atoms with Crippen LogP contribution in [0.5, 0.6) is 0 Å². The minimum atomic E-state index is -1.29. The molecule has 8 heteroatoms. The van der Waals surface area contributed by atoms with Gasteiger partial charge in [0, 0.05) is 6.07 Å². The quantitative estimate of drug-likeness (QED) is 0.349. The van der Waals surface area contributed by atoms with Crippen molar-refractivity contribution in [1.82, 2.24) is 4.98 Å². The molecule has 1 saturated heterocycles. The van der Waals surface area contributed by atoms with Gasteiger partial charge in [-0.15, -0.1) is 0 Å². The largest absolute Gasteiger partial charge is 0.499 e. The van der Waals surface area contributed by atoms with Crippen molar-refractivity contribution in [3.63, 3.8) is 0 Å². The molecule has 0 bridgehead atoms. The van der Waals surface area contributed by atoms with Gasteiger partial charge in [0.25, 0.3) is 0 Å². The van der Waals surface area contributed by atoms with Crippen LogP contribution in [0, 0.1) is 0 Å². The molecular weight excluding hydrogens is 230 g/mol. The van der Waals surface area contributed by atoms with Crippen LogP contribution in [0.3, 0.4) is 0 Å². The van der Waals surface area contributed by atoms with Crippen LogP contribution in [0.15, 0.2) is 17.1 Å². The summed E-state index contributed by atoms with van der Waals surface area (Å²) in [6.45, 7) is -0.442. The van der Waals surface area contributed by atoms with Gasteiger partial charge >= 0.3 is 5.69 Å². The lowest BCUT2D eigenvalue weighted by molar-refractivity contribution is -0.779. The average molecular weight is 244 g/mol. The van der Waals surface area contributed by atoms with Gasteiger partial charge in [-0.3, -0.25) is 0 Å². The van der Waals surface area contributed by atoms with Crippen LogP contribution in [0.2, 0.25) is 0 Å². The maximum Gasteiger partial charge on any atom is 0.499 e. The Balaban J connectivity index is 2.32. The molecule has 0 unspecified atom stereocenters. The topological polar surface area (TPSA) is 133 Å². The zero-order chi connectivity index (χ0) is 12.6. The molecule has 0 saturated carbocycles. The molecule has 6 N–H and O–H groups in total. The number of aliphatic hydroxyl groups is 3. The van der Waals surface area contributed by atoms with E-state index in [1.807, 2.05) is 0 Å². The van der Waals surface area contributed by atoms with Crippen LogP contribution in [-0.2, 0) is 4.74 Å². The molecule has 0 radical (unpaired) electrons. The Morgan fingerprint density at radius 2 is 2.18 bits per heavy atom. The standard InChI is InChI=1S/C9H13N3O5/c10-5-1-2-12(9(16)11-5)8-7(15)6(14)4(3-13)17-8/h1-2,4,6-8,13-15H,3H2,(H2,10,11,16)/p+1/t4-,6-,7+,8-/m1/s1. The molecule has 0 aromatic carbocycles. The third-order valence-corrected chi connectivity index (χ3v) is 2.69. The number of aromatic amines is 1. The Bertz CT molecular complexity index is 462. The first-order chi connectivity index (χ1) is 8.04. The number of hydrogen-bond donors (Lipinski definition) is 5. The van der Waals surface area contributed by atoms with E-state index in [9.17, 15) is 15.0 Å². The number of aliphatic hydroxyl groups excluding tert-OH is 3. The molecule has 1 aliphatic heterocycles. The molecule has 2 rings (SSSR count). The molecule has 1 aromatic rings. The Labute approximate surface area is 95.9 Å². The van der Waals surface area contributed by atoms with E-state index in [4.69, 9.17) is 15.6 Å². The number of ether oxygens (including phenoxy) is 1. The summed E-state index contributed by atoms with van der Waals surface area (Å²) in [4.78, 5) is 13.9. The fourth-order valence-corrected chi connectivity index (χ4v) is 1.77. The second-order valence-electron chi connectivity index (χ2n) is 3.84. The molecule has 8 nitrogen and oxygen atoms in total. The van der Waals surface area contributed by atoms with Crippen LogP contribution in [0.25, 0.3) is 0 Å². The summed E-state index contributed by atoms with van der Waals surface area (Å²) in [5.41, 5.74) is 4.81. The first-order valence-corrected chi connectivity index (χ1v) is 5.07. The van der Waals surface area contributed by atoms with Crippen molar-refractivity contribution in [2.45, 2.75) is 24.5 Å². The van der Waals surface area contributed by atoms with Crippen LogP contribution in [0.4, 0.5) is 5.82 Å². The van der Waals surface area contributed by atoms with Gasteiger partial charge in [0.05, 0.1) is 6.61 Å². The molecule has 0 amide bonds. The number of anilines is 1. The van der Waals surface area contributed by atoms with Crippen LogP contribution in [0.1, 0.15) is 6.23 Å². The minimum absolute atomic E-state index is 0.179. The lowest BCUT2D eigenvalue weighted by Crippen LogP contribution is -2.58. The zero-order valence-electron chi connectivity index (χ0n) is 8.85. The first-order valence-electron chi connectivity index (χ1n) is 5.07. The fraction of sp³-hybridized carbons (Fsp3) is 0.556. The first kappa shape index (κ1) is 12.0. The van der Waals surface area contributed by atoms with Crippen LogP contribution < -0.4 is 16.0 Å². The maximum atomic E-state index is 11.6. The summed E-state index contributed by atoms with van der Waals surface area (Å²) in [7, 11) is 0. The maximum absolute atomic E-state index is 11.6. The van der Waals surface area contributed by atoms with Crippen molar-refractivity contribution in [2.24, 2.45) is 0 Å². The summed E-state index contributed by atoms with van der Waals surface area (Å²) < 4.78 is 6.26. The highest BCUT2D eigenvalue weighted by atomic mass is 16.6. The van der Waals surface area contributed by atoms with Gasteiger partial charge in [0.1, 0.15) is 24.5 Å². The van der Waals surface area contributed by atoms with Gasteiger partial charge in [0.2, 0.25) is 6.23 Å². The van der Waals surface area contributed by atoms with Crippen molar-refractivity contribution in [3.05, 3.63) is 22.7 Å². The van der Waals surface area contributed by atoms with E-state index in [1.165, 1.54) is 12.3 Å². The number of nitrogen functional groups attached to an aromatic ring is 1. The van der Waals surface area contributed by atoms with E-state index in [0.29, 0.717) is 0 Å². The van der Waals surface area contributed by atoms with Crippen molar-refractivity contribution in [3.8, 4) is 0 Å². The second kappa shape index (κ2) is 4.41. The predicted molar refractivity (Wildman–Crippen MR) is 54.7 cm³/mol. The molecule has 17 heavy (non-hydrogen) atoms. The van der Waals surface area contributed by atoms with E-state index in [-0.39, 0.29) is 5.82 Å². The number of hydrogen-bond acceptors (Lipinski definition) is 6. The summed E-state index contributed by atoms with van der Waals surface area (Å²) in [6, 6.07) is 1.43. The molecule has 4 atom stereocenters. The van der Waals surface area contributed by atoms with Crippen molar-refractivity contribution < 1.29 is 24.6 Å². The third-order valence-electron chi connectivity index (χ3n) is 2.69. The fourth-order valence-electron chi connectivity index (χ4n) is 1.77. The normalized spacial score (nSPS) is 32.9. The predicted octanol–water partition coefficient (Wildman–Crippen LogP) is -3.14. The Morgan fingerprint density at radius 1 is 1.47 bits per heavy atom. The number of rotatable bonds is 2. The van der Waals surface area contributed by atoms with Gasteiger partial charge in [-0.1, -0.05) is 0 Å². The van der Waals surface area contributed by atoms with Gasteiger partial charge in [-0.05, 0) is 0 Å². The molecule has 94 valence electrons. The van der Waals surface area contributed by atoms with E-state index in [1.54, 1.807) is 0 Å². The Kier molecular flexibility index (Phi) is 3.11. The van der Waals surface area contributed by atoms with Gasteiger partial charge in [0.15, 0.2) is 5.82 Å². The molecule has 0 spiro atoms. The lowest BCUT2D eigenvalue weighted by atomic mass is 10.1. The van der Waals surface area contributed by atoms with E-state index in [0.717, 1.165) is 4.57 Å². The van der Waals surface area contributed by atoms with Crippen LogP contribution >= 0.6 is 0 Å². The number of nitrogens with two attached hydrogens (primary N) is 1. The van der Waals surface area contributed by atoms with Gasteiger partial charge in [-0.25, -0.2) is 0 Å². The smallest absolute Gasteiger partial charge is 0.394 e. The molecule has 1 fully saturated rings. The van der Waals surface area contributed by atoms with E-state index < -0.39 is 36.8 Å². The number of H-pyrrole nitrogens is 1. The highest BCUT2D eigenvalue weighted by Gasteiger charge is 2.46.